The van der Waals surface area contributed by atoms with Gasteiger partial charge < -0.3 is 27.3 Å². The molecule has 8 nitrogen and oxygen atoms in total. The van der Waals surface area contributed by atoms with E-state index >= 15 is 0 Å². The van der Waals surface area contributed by atoms with Crippen molar-refractivity contribution >= 4 is 29.2 Å². The van der Waals surface area contributed by atoms with Crippen molar-refractivity contribution in [3.63, 3.8) is 0 Å². The molecule has 0 spiro atoms. The molecule has 0 aliphatic rings. The summed E-state index contributed by atoms with van der Waals surface area (Å²) in [6.45, 7) is 1.93. The van der Waals surface area contributed by atoms with E-state index in [4.69, 9.17) is 21.9 Å². The van der Waals surface area contributed by atoms with E-state index in [1.54, 1.807) is 18.2 Å². The fourth-order valence-electron chi connectivity index (χ4n) is 1.58. The number of guanidine groups is 2. The summed E-state index contributed by atoms with van der Waals surface area (Å²) in [5.41, 5.74) is 17.0. The average Bonchev–Trinajstić information content (AvgIpc) is 2.39. The quantitative estimate of drug-likeness (QED) is 0.466. The van der Waals surface area contributed by atoms with Gasteiger partial charge in [-0.15, -0.1) is 0 Å². The molecule has 8 heteroatoms. The number of ether oxygens (including phenoxy) is 1. The number of rotatable bonds is 5. The Labute approximate surface area is 123 Å². The van der Waals surface area contributed by atoms with Gasteiger partial charge in [-0.05, 0) is 18.6 Å². The molecule has 1 aromatic rings. The number of carbonyl (C=O) groups excluding carboxylic acids is 1. The summed E-state index contributed by atoms with van der Waals surface area (Å²) >= 11 is 0. The number of benzene rings is 1. The van der Waals surface area contributed by atoms with Crippen molar-refractivity contribution in [2.45, 2.75) is 19.8 Å². The Morgan fingerprint density at radius 2 is 2.05 bits per heavy atom. The molecule has 0 aliphatic carbocycles. The van der Waals surface area contributed by atoms with Gasteiger partial charge in [0.15, 0.2) is 5.96 Å². The first-order valence-corrected chi connectivity index (χ1v) is 6.38. The van der Waals surface area contributed by atoms with Crippen molar-refractivity contribution in [3.8, 4) is 5.75 Å². The van der Waals surface area contributed by atoms with Gasteiger partial charge in [-0.2, -0.15) is 4.99 Å². The molecular formula is C13H20N6O2. The summed E-state index contributed by atoms with van der Waals surface area (Å²) < 4.78 is 5.22. The van der Waals surface area contributed by atoms with Crippen molar-refractivity contribution in [1.82, 2.24) is 0 Å². The molecule has 0 radical (unpaired) electrons. The second-order valence-electron chi connectivity index (χ2n) is 4.19. The Kier molecular flexibility index (Phi) is 5.99. The molecule has 0 atom stereocenters. The average molecular weight is 292 g/mol. The first-order chi connectivity index (χ1) is 9.96. The van der Waals surface area contributed by atoms with Gasteiger partial charge in [0.25, 0.3) is 0 Å². The molecule has 7 N–H and O–H groups in total. The van der Waals surface area contributed by atoms with Crippen molar-refractivity contribution in [3.05, 3.63) is 18.2 Å². The molecule has 1 amide bonds. The zero-order chi connectivity index (χ0) is 15.8. The Bertz CT molecular complexity index is 564. The second-order valence-corrected chi connectivity index (χ2v) is 4.19. The summed E-state index contributed by atoms with van der Waals surface area (Å²) in [6.07, 6.45) is 1.21. The summed E-state index contributed by atoms with van der Waals surface area (Å²) in [5.74, 6) is 0.150. The Hall–Kier alpha value is -2.77. The second kappa shape index (κ2) is 7.73. The van der Waals surface area contributed by atoms with Gasteiger partial charge >= 0.3 is 0 Å². The number of nitrogens with zero attached hydrogens (tertiary/aromatic N) is 2. The van der Waals surface area contributed by atoms with Crippen LogP contribution in [-0.2, 0) is 4.79 Å². The lowest BCUT2D eigenvalue weighted by atomic mass is 10.2. The highest BCUT2D eigenvalue weighted by atomic mass is 16.5. The van der Waals surface area contributed by atoms with E-state index in [-0.39, 0.29) is 17.8 Å². The summed E-state index contributed by atoms with van der Waals surface area (Å²) in [7, 11) is 1.50. The van der Waals surface area contributed by atoms with Gasteiger partial charge in [0, 0.05) is 12.5 Å². The SMILES string of the molecule is CCCC(=O)Nc1ccc(N=C(N)N=C(N)N)cc1OC. The lowest BCUT2D eigenvalue weighted by molar-refractivity contribution is -0.116. The zero-order valence-corrected chi connectivity index (χ0v) is 12.1. The van der Waals surface area contributed by atoms with Crippen LogP contribution in [0.3, 0.4) is 0 Å². The molecule has 0 aliphatic heterocycles. The first kappa shape index (κ1) is 16.3. The van der Waals surface area contributed by atoms with Crippen LogP contribution in [0.2, 0.25) is 0 Å². The van der Waals surface area contributed by atoms with Crippen LogP contribution in [0.4, 0.5) is 11.4 Å². The molecule has 0 bridgehead atoms. The maximum atomic E-state index is 11.6. The number of amides is 1. The molecule has 0 heterocycles. The minimum Gasteiger partial charge on any atom is -0.494 e. The highest BCUT2D eigenvalue weighted by molar-refractivity contribution is 5.94. The van der Waals surface area contributed by atoms with E-state index in [1.165, 1.54) is 7.11 Å². The van der Waals surface area contributed by atoms with Gasteiger partial charge in [0.05, 0.1) is 18.5 Å². The Morgan fingerprint density at radius 3 is 2.62 bits per heavy atom. The van der Waals surface area contributed by atoms with E-state index in [2.05, 4.69) is 15.3 Å². The third kappa shape index (κ3) is 5.39. The first-order valence-electron chi connectivity index (χ1n) is 6.38. The highest BCUT2D eigenvalue weighted by Crippen LogP contribution is 2.29. The van der Waals surface area contributed by atoms with Gasteiger partial charge in [0.2, 0.25) is 11.9 Å². The number of aliphatic imine (C=N–C) groups is 2. The van der Waals surface area contributed by atoms with Gasteiger partial charge in [-0.3, -0.25) is 4.79 Å². The zero-order valence-electron chi connectivity index (χ0n) is 12.1. The topological polar surface area (TPSA) is 141 Å². The lowest BCUT2D eigenvalue weighted by Gasteiger charge is -2.10. The summed E-state index contributed by atoms with van der Waals surface area (Å²) in [6, 6.07) is 4.96. The smallest absolute Gasteiger partial charge is 0.224 e. The van der Waals surface area contributed by atoms with Crippen molar-refractivity contribution in [2.75, 3.05) is 12.4 Å². The molecule has 0 fully saturated rings. The van der Waals surface area contributed by atoms with Gasteiger partial charge in [-0.25, -0.2) is 4.99 Å². The van der Waals surface area contributed by atoms with Crippen LogP contribution in [0.15, 0.2) is 28.2 Å². The van der Waals surface area contributed by atoms with E-state index < -0.39 is 0 Å². The number of hydrogen-bond donors (Lipinski definition) is 4. The predicted octanol–water partition coefficient (Wildman–Crippen LogP) is 0.653. The van der Waals surface area contributed by atoms with E-state index in [0.29, 0.717) is 23.5 Å². The van der Waals surface area contributed by atoms with E-state index in [0.717, 1.165) is 6.42 Å². The number of anilines is 1. The molecule has 0 saturated heterocycles. The third-order valence-corrected chi connectivity index (χ3v) is 2.42. The van der Waals surface area contributed by atoms with Gasteiger partial charge in [-0.1, -0.05) is 6.92 Å². The molecule has 0 unspecified atom stereocenters. The van der Waals surface area contributed by atoms with Crippen molar-refractivity contribution in [1.29, 1.82) is 0 Å². The summed E-state index contributed by atoms with van der Waals surface area (Å²) in [4.78, 5) is 19.2. The fraction of sp³-hybridized carbons (Fsp3) is 0.308. The van der Waals surface area contributed by atoms with Crippen molar-refractivity contribution in [2.24, 2.45) is 27.2 Å². The van der Waals surface area contributed by atoms with Crippen LogP contribution >= 0.6 is 0 Å². The minimum absolute atomic E-state index is 0.0696. The van der Waals surface area contributed by atoms with Crippen molar-refractivity contribution < 1.29 is 9.53 Å². The van der Waals surface area contributed by atoms with Crippen LogP contribution in [0, 0.1) is 0 Å². The number of methoxy groups -OCH3 is 1. The molecule has 0 saturated carbocycles. The predicted molar refractivity (Wildman–Crippen MR) is 83.6 cm³/mol. The lowest BCUT2D eigenvalue weighted by Crippen LogP contribution is -2.26. The Morgan fingerprint density at radius 1 is 1.33 bits per heavy atom. The largest absolute Gasteiger partial charge is 0.494 e. The summed E-state index contributed by atoms with van der Waals surface area (Å²) in [5, 5.41) is 2.76. The Balaban J connectivity index is 2.98. The number of nitrogens with two attached hydrogens (primary N) is 3. The van der Waals surface area contributed by atoms with Crippen LogP contribution < -0.4 is 27.3 Å². The molecule has 114 valence electrons. The number of hydrogen-bond acceptors (Lipinski definition) is 3. The number of carbonyl (C=O) groups is 1. The standard InChI is InChI=1S/C13H20N6O2/c1-3-4-11(20)18-9-6-5-8(7-10(9)21-2)17-13(16)19-12(14)15/h5-7H,3-4H2,1-2H3,(H,18,20)(H6,14,15,16,17,19). The molecule has 1 aromatic carbocycles. The molecule has 1 rings (SSSR count). The van der Waals surface area contributed by atoms with E-state index in [9.17, 15) is 4.79 Å². The van der Waals surface area contributed by atoms with Crippen LogP contribution in [-0.4, -0.2) is 24.9 Å². The fourth-order valence-corrected chi connectivity index (χ4v) is 1.58. The normalized spacial score (nSPS) is 10.9. The molecule has 0 aromatic heterocycles. The van der Waals surface area contributed by atoms with Crippen LogP contribution in [0.5, 0.6) is 5.75 Å². The maximum absolute atomic E-state index is 11.6. The van der Waals surface area contributed by atoms with Crippen LogP contribution in [0.1, 0.15) is 19.8 Å². The monoisotopic (exact) mass is 292 g/mol. The third-order valence-electron chi connectivity index (χ3n) is 2.42. The molecule has 21 heavy (non-hydrogen) atoms. The van der Waals surface area contributed by atoms with Crippen LogP contribution in [0.25, 0.3) is 0 Å². The molecular weight excluding hydrogens is 272 g/mol. The van der Waals surface area contributed by atoms with E-state index in [1.807, 2.05) is 6.92 Å². The minimum atomic E-state index is -0.174. The van der Waals surface area contributed by atoms with Gasteiger partial charge in [0.1, 0.15) is 5.75 Å². The number of nitrogens with one attached hydrogen (secondary N) is 1. The highest BCUT2D eigenvalue weighted by Gasteiger charge is 2.08. The maximum Gasteiger partial charge on any atom is 0.224 e.